The van der Waals surface area contributed by atoms with Crippen molar-refractivity contribution in [3.05, 3.63) is 0 Å². The van der Waals surface area contributed by atoms with E-state index >= 15 is 0 Å². The molecule has 1 unspecified atom stereocenters. The van der Waals surface area contributed by atoms with Crippen LogP contribution in [0.25, 0.3) is 0 Å². The first-order valence-corrected chi connectivity index (χ1v) is 7.24. The van der Waals surface area contributed by atoms with Gasteiger partial charge in [-0.25, -0.2) is 4.79 Å². The quantitative estimate of drug-likeness (QED) is 0.828. The van der Waals surface area contributed by atoms with Gasteiger partial charge in [-0.1, -0.05) is 34.6 Å². The molecule has 3 aliphatic rings. The first kappa shape index (κ1) is 15.3. The minimum absolute atomic E-state index is 0.0787. The SMILES string of the molecule is CC.CC(NC(=O)OCC12CC(C1)C2)C(C)(C)C. The van der Waals surface area contributed by atoms with Crippen molar-refractivity contribution in [1.29, 1.82) is 0 Å². The highest BCUT2D eigenvalue weighted by atomic mass is 16.5. The Morgan fingerprint density at radius 3 is 2.17 bits per heavy atom. The number of ether oxygens (including phenoxy) is 1. The number of alkyl carbamates (subject to hydrolysis) is 1. The summed E-state index contributed by atoms with van der Waals surface area (Å²) >= 11 is 0. The summed E-state index contributed by atoms with van der Waals surface area (Å²) in [6.07, 6.45) is 3.56. The van der Waals surface area contributed by atoms with E-state index in [0.717, 1.165) is 5.92 Å². The molecule has 18 heavy (non-hydrogen) atoms. The third-order valence-corrected chi connectivity index (χ3v) is 4.31. The molecule has 0 saturated heterocycles. The van der Waals surface area contributed by atoms with Gasteiger partial charge in [0.25, 0.3) is 0 Å². The van der Waals surface area contributed by atoms with E-state index in [0.29, 0.717) is 12.0 Å². The summed E-state index contributed by atoms with van der Waals surface area (Å²) in [5.74, 6) is 0.945. The Morgan fingerprint density at radius 1 is 1.33 bits per heavy atom. The normalized spacial score (nSPS) is 30.0. The van der Waals surface area contributed by atoms with Gasteiger partial charge in [-0.05, 0) is 37.5 Å². The highest BCUT2D eigenvalue weighted by Crippen LogP contribution is 2.64. The summed E-state index contributed by atoms with van der Waals surface area (Å²) in [5, 5.41) is 2.90. The molecule has 0 heterocycles. The summed E-state index contributed by atoms with van der Waals surface area (Å²) < 4.78 is 5.30. The molecule has 3 rings (SSSR count). The monoisotopic (exact) mass is 255 g/mol. The fourth-order valence-corrected chi connectivity index (χ4v) is 2.49. The lowest BCUT2D eigenvalue weighted by Gasteiger charge is -2.61. The molecule has 1 N–H and O–H groups in total. The van der Waals surface area contributed by atoms with Gasteiger partial charge in [0.2, 0.25) is 0 Å². The number of carbonyl (C=O) groups excluding carboxylic acids is 1. The average molecular weight is 255 g/mol. The van der Waals surface area contributed by atoms with E-state index in [9.17, 15) is 4.79 Å². The maximum Gasteiger partial charge on any atom is 0.407 e. The molecule has 3 saturated carbocycles. The van der Waals surface area contributed by atoms with Crippen LogP contribution in [0.4, 0.5) is 4.79 Å². The fraction of sp³-hybridized carbons (Fsp3) is 0.933. The van der Waals surface area contributed by atoms with Crippen molar-refractivity contribution in [3.63, 3.8) is 0 Å². The Hall–Kier alpha value is -0.730. The van der Waals surface area contributed by atoms with Crippen LogP contribution in [0.1, 0.15) is 60.8 Å². The van der Waals surface area contributed by atoms with E-state index in [1.165, 1.54) is 19.3 Å². The first-order valence-electron chi connectivity index (χ1n) is 7.24. The minimum atomic E-state index is -0.257. The summed E-state index contributed by atoms with van der Waals surface area (Å²) in [7, 11) is 0. The molecule has 0 radical (unpaired) electrons. The molecule has 0 spiro atoms. The maximum atomic E-state index is 11.6. The van der Waals surface area contributed by atoms with Crippen LogP contribution in [0.5, 0.6) is 0 Å². The van der Waals surface area contributed by atoms with Crippen LogP contribution in [-0.4, -0.2) is 18.7 Å². The summed E-state index contributed by atoms with van der Waals surface area (Å²) in [4.78, 5) is 11.6. The van der Waals surface area contributed by atoms with Crippen molar-refractivity contribution in [2.75, 3.05) is 6.61 Å². The third kappa shape index (κ3) is 3.39. The van der Waals surface area contributed by atoms with Gasteiger partial charge < -0.3 is 10.1 Å². The van der Waals surface area contributed by atoms with Crippen molar-refractivity contribution in [1.82, 2.24) is 5.32 Å². The van der Waals surface area contributed by atoms with Crippen molar-refractivity contribution >= 4 is 6.09 Å². The second-order valence-electron chi connectivity index (χ2n) is 6.79. The van der Waals surface area contributed by atoms with Gasteiger partial charge in [-0.3, -0.25) is 0 Å². The molecule has 1 amide bonds. The molecule has 0 aromatic rings. The predicted molar refractivity (Wildman–Crippen MR) is 74.5 cm³/mol. The van der Waals surface area contributed by atoms with Gasteiger partial charge in [0.1, 0.15) is 0 Å². The molecule has 3 heteroatoms. The van der Waals surface area contributed by atoms with Crippen molar-refractivity contribution in [2.24, 2.45) is 16.7 Å². The minimum Gasteiger partial charge on any atom is -0.449 e. The number of carbonyl (C=O) groups is 1. The average Bonchev–Trinajstić information content (AvgIpc) is 2.15. The lowest BCUT2D eigenvalue weighted by atomic mass is 9.45. The van der Waals surface area contributed by atoms with Crippen LogP contribution >= 0.6 is 0 Å². The van der Waals surface area contributed by atoms with Crippen LogP contribution in [-0.2, 0) is 4.74 Å². The van der Waals surface area contributed by atoms with Gasteiger partial charge in [0.15, 0.2) is 0 Å². The van der Waals surface area contributed by atoms with Gasteiger partial charge in [-0.15, -0.1) is 0 Å². The molecule has 0 aromatic carbocycles. The summed E-state index contributed by atoms with van der Waals surface area (Å²) in [5.41, 5.74) is 0.461. The number of amides is 1. The molecule has 1 atom stereocenters. The van der Waals surface area contributed by atoms with Crippen LogP contribution in [0.3, 0.4) is 0 Å². The van der Waals surface area contributed by atoms with E-state index in [1.807, 2.05) is 20.8 Å². The van der Waals surface area contributed by atoms with Gasteiger partial charge >= 0.3 is 6.09 Å². The van der Waals surface area contributed by atoms with Crippen LogP contribution in [0.15, 0.2) is 0 Å². The van der Waals surface area contributed by atoms with E-state index in [-0.39, 0.29) is 17.6 Å². The zero-order chi connectivity index (χ0) is 14.0. The van der Waals surface area contributed by atoms with Crippen LogP contribution in [0.2, 0.25) is 0 Å². The van der Waals surface area contributed by atoms with Crippen LogP contribution < -0.4 is 5.32 Å². The number of hydrogen-bond acceptors (Lipinski definition) is 2. The molecular weight excluding hydrogens is 226 g/mol. The highest BCUT2D eigenvalue weighted by Gasteiger charge is 2.57. The number of rotatable bonds is 3. The maximum absolute atomic E-state index is 11.6. The highest BCUT2D eigenvalue weighted by molar-refractivity contribution is 5.67. The van der Waals surface area contributed by atoms with E-state index in [2.05, 4.69) is 26.1 Å². The molecule has 3 nitrogen and oxygen atoms in total. The van der Waals surface area contributed by atoms with Gasteiger partial charge in [-0.2, -0.15) is 0 Å². The molecule has 3 aliphatic carbocycles. The molecule has 0 aliphatic heterocycles. The third-order valence-electron chi connectivity index (χ3n) is 4.31. The van der Waals surface area contributed by atoms with Crippen molar-refractivity contribution in [3.8, 4) is 0 Å². The standard InChI is InChI=1S/C13H23NO2.C2H6/c1-9(12(2,3)4)14-11(15)16-8-13-5-10(6-13)7-13;1-2/h9-10H,5-8H2,1-4H3,(H,14,15);1-2H3. The van der Waals surface area contributed by atoms with E-state index in [4.69, 9.17) is 4.74 Å². The zero-order valence-electron chi connectivity index (χ0n) is 12.8. The molecule has 2 bridgehead atoms. The summed E-state index contributed by atoms with van der Waals surface area (Å²) in [6.45, 7) is 13.0. The van der Waals surface area contributed by atoms with Gasteiger partial charge in [0.05, 0.1) is 6.61 Å². The molecular formula is C15H29NO2. The Morgan fingerprint density at radius 2 is 1.83 bits per heavy atom. The lowest BCUT2D eigenvalue weighted by Crippen LogP contribution is -2.55. The van der Waals surface area contributed by atoms with E-state index in [1.54, 1.807) is 0 Å². The topological polar surface area (TPSA) is 38.3 Å². The van der Waals surface area contributed by atoms with Gasteiger partial charge in [0, 0.05) is 11.5 Å². The molecule has 0 aromatic heterocycles. The second-order valence-corrected chi connectivity index (χ2v) is 6.79. The van der Waals surface area contributed by atoms with Crippen molar-refractivity contribution in [2.45, 2.75) is 66.8 Å². The fourth-order valence-electron chi connectivity index (χ4n) is 2.49. The second kappa shape index (κ2) is 5.50. The Bertz CT molecular complexity index is 276. The largest absolute Gasteiger partial charge is 0.449 e. The lowest BCUT2D eigenvalue weighted by molar-refractivity contribution is -0.139. The Labute approximate surface area is 112 Å². The van der Waals surface area contributed by atoms with Crippen molar-refractivity contribution < 1.29 is 9.53 Å². The smallest absolute Gasteiger partial charge is 0.407 e. The zero-order valence-corrected chi connectivity index (χ0v) is 12.8. The van der Waals surface area contributed by atoms with E-state index < -0.39 is 0 Å². The number of nitrogens with one attached hydrogen (secondary N) is 1. The summed E-state index contributed by atoms with van der Waals surface area (Å²) in [6, 6.07) is 0.132. The predicted octanol–water partition coefficient (Wildman–Crippen LogP) is 3.97. The first-order chi connectivity index (χ1) is 8.31. The number of hydrogen-bond donors (Lipinski definition) is 1. The molecule has 106 valence electrons. The Balaban J connectivity index is 0.000000771. The molecule has 3 fully saturated rings. The van der Waals surface area contributed by atoms with Crippen LogP contribution in [0, 0.1) is 16.7 Å². The Kier molecular flexibility index (Phi) is 4.68.